The number of piperazine rings is 1. The molecule has 1 aliphatic rings. The fourth-order valence-corrected chi connectivity index (χ4v) is 1.83. The first-order valence-electron chi connectivity index (χ1n) is 5.36. The van der Waals surface area contributed by atoms with Gasteiger partial charge in [0.1, 0.15) is 0 Å². The third-order valence-corrected chi connectivity index (χ3v) is 2.75. The molecule has 0 unspecified atom stereocenters. The summed E-state index contributed by atoms with van der Waals surface area (Å²) in [5.41, 5.74) is 1.54. The van der Waals surface area contributed by atoms with Crippen LogP contribution in [0.3, 0.4) is 0 Å². The number of rotatable bonds is 3. The summed E-state index contributed by atoms with van der Waals surface area (Å²) in [6.45, 7) is 9.23. The van der Waals surface area contributed by atoms with Gasteiger partial charge in [0.25, 0.3) is 0 Å². The van der Waals surface area contributed by atoms with E-state index in [0.717, 1.165) is 0 Å². The Morgan fingerprint density at radius 1 is 1.23 bits per heavy atom. The van der Waals surface area contributed by atoms with Gasteiger partial charge in [-0.15, -0.1) is 0 Å². The van der Waals surface area contributed by atoms with Crippen molar-refractivity contribution in [2.45, 2.75) is 26.7 Å². The zero-order chi connectivity index (χ0) is 9.68. The fraction of sp³-hybridized carbons (Fsp3) is 0.818. The van der Waals surface area contributed by atoms with Crippen LogP contribution in [0.4, 0.5) is 0 Å². The van der Waals surface area contributed by atoms with Gasteiger partial charge in [-0.25, -0.2) is 0 Å². The van der Waals surface area contributed by atoms with E-state index in [9.17, 15) is 0 Å². The highest BCUT2D eigenvalue weighted by Gasteiger charge is 2.14. The van der Waals surface area contributed by atoms with E-state index < -0.39 is 0 Å². The average Bonchev–Trinajstić information content (AvgIpc) is 2.16. The summed E-state index contributed by atoms with van der Waals surface area (Å²) in [6.07, 6.45) is 4.76. The number of hydrogen-bond donors (Lipinski definition) is 0. The van der Waals surface area contributed by atoms with Gasteiger partial charge in [-0.1, -0.05) is 19.4 Å². The summed E-state index contributed by atoms with van der Waals surface area (Å²) in [4.78, 5) is 4.93. The van der Waals surface area contributed by atoms with Crippen LogP contribution in [-0.2, 0) is 0 Å². The first-order valence-corrected chi connectivity index (χ1v) is 5.36. The molecule has 0 saturated carbocycles. The number of likely N-dealkylation sites (N-methyl/N-ethyl adjacent to an activating group) is 1. The zero-order valence-corrected chi connectivity index (χ0v) is 9.21. The topological polar surface area (TPSA) is 6.48 Å². The van der Waals surface area contributed by atoms with E-state index in [4.69, 9.17) is 0 Å². The zero-order valence-electron chi connectivity index (χ0n) is 9.21. The second-order valence-corrected chi connectivity index (χ2v) is 3.82. The summed E-state index contributed by atoms with van der Waals surface area (Å²) in [5.74, 6) is 0. The maximum Gasteiger partial charge on any atom is 0.0303 e. The van der Waals surface area contributed by atoms with Crippen LogP contribution in [0.5, 0.6) is 0 Å². The molecule has 1 aliphatic heterocycles. The summed E-state index contributed by atoms with van der Waals surface area (Å²) < 4.78 is 0. The van der Waals surface area contributed by atoms with Crippen LogP contribution in [-0.4, -0.2) is 43.0 Å². The van der Waals surface area contributed by atoms with Gasteiger partial charge < -0.3 is 9.80 Å². The van der Waals surface area contributed by atoms with E-state index in [1.54, 1.807) is 0 Å². The molecule has 0 radical (unpaired) electrons. The molecule has 0 aromatic rings. The van der Waals surface area contributed by atoms with Crippen molar-refractivity contribution in [3.63, 3.8) is 0 Å². The van der Waals surface area contributed by atoms with Gasteiger partial charge >= 0.3 is 0 Å². The average molecular weight is 182 g/mol. The largest absolute Gasteiger partial charge is 0.373 e. The minimum atomic E-state index is 1.20. The quantitative estimate of drug-likeness (QED) is 0.658. The summed E-state index contributed by atoms with van der Waals surface area (Å²) in [6, 6.07) is 0. The van der Waals surface area contributed by atoms with Crippen molar-refractivity contribution >= 4 is 0 Å². The maximum absolute atomic E-state index is 2.53. The molecule has 1 heterocycles. The highest BCUT2D eigenvalue weighted by atomic mass is 15.2. The molecular weight excluding hydrogens is 160 g/mol. The van der Waals surface area contributed by atoms with E-state index >= 15 is 0 Å². The third-order valence-electron chi connectivity index (χ3n) is 2.75. The van der Waals surface area contributed by atoms with Crippen LogP contribution < -0.4 is 0 Å². The van der Waals surface area contributed by atoms with Crippen molar-refractivity contribution in [3.8, 4) is 0 Å². The molecule has 0 N–H and O–H groups in total. The second kappa shape index (κ2) is 5.28. The van der Waals surface area contributed by atoms with Crippen molar-refractivity contribution in [2.75, 3.05) is 33.2 Å². The lowest BCUT2D eigenvalue weighted by atomic mass is 10.2. The minimum absolute atomic E-state index is 1.20. The van der Waals surface area contributed by atoms with Crippen LogP contribution in [0.1, 0.15) is 26.7 Å². The molecule has 2 nitrogen and oxygen atoms in total. The molecule has 13 heavy (non-hydrogen) atoms. The normalized spacial score (nSPS) is 20.8. The Bertz CT molecular complexity index is 167. The molecule has 0 aromatic carbocycles. The number of hydrogen-bond acceptors (Lipinski definition) is 2. The molecule has 0 amide bonds. The van der Waals surface area contributed by atoms with Gasteiger partial charge in [0.2, 0.25) is 0 Å². The van der Waals surface area contributed by atoms with Gasteiger partial charge in [0.15, 0.2) is 0 Å². The van der Waals surface area contributed by atoms with E-state index in [1.165, 1.54) is 44.7 Å². The first kappa shape index (κ1) is 10.6. The van der Waals surface area contributed by atoms with Crippen LogP contribution in [0.15, 0.2) is 11.8 Å². The lowest BCUT2D eigenvalue weighted by molar-refractivity contribution is 0.182. The van der Waals surface area contributed by atoms with Crippen molar-refractivity contribution < 1.29 is 0 Å². The van der Waals surface area contributed by atoms with Crippen LogP contribution in [0.2, 0.25) is 0 Å². The van der Waals surface area contributed by atoms with Crippen molar-refractivity contribution in [2.24, 2.45) is 0 Å². The molecule has 1 rings (SSSR count). The fourth-order valence-electron chi connectivity index (χ4n) is 1.83. The molecule has 76 valence electrons. The predicted octanol–water partition coefficient (Wildman–Crippen LogP) is 1.94. The van der Waals surface area contributed by atoms with Gasteiger partial charge in [-0.3, -0.25) is 0 Å². The Kier molecular flexibility index (Phi) is 4.29. The highest BCUT2D eigenvalue weighted by Crippen LogP contribution is 2.13. The Hall–Kier alpha value is -0.500. The molecule has 0 aliphatic carbocycles. The lowest BCUT2D eigenvalue weighted by Crippen LogP contribution is -2.43. The number of nitrogens with zero attached hydrogens (tertiary/aromatic N) is 2. The summed E-state index contributed by atoms with van der Waals surface area (Å²) in [7, 11) is 2.20. The molecule has 0 atom stereocenters. The van der Waals surface area contributed by atoms with E-state index in [-0.39, 0.29) is 0 Å². The van der Waals surface area contributed by atoms with Crippen LogP contribution >= 0.6 is 0 Å². The molecule has 1 saturated heterocycles. The molecule has 1 fully saturated rings. The molecule has 0 bridgehead atoms. The summed E-state index contributed by atoms with van der Waals surface area (Å²) >= 11 is 0. The third kappa shape index (κ3) is 3.03. The van der Waals surface area contributed by atoms with Crippen molar-refractivity contribution in [1.29, 1.82) is 0 Å². The first-order chi connectivity index (χ1) is 6.27. The standard InChI is InChI=1S/C11H22N2/c1-4-6-11(5-2)13-9-7-12(3)8-10-13/h5H,4,6-10H2,1-3H3/b11-5-. The van der Waals surface area contributed by atoms with Crippen molar-refractivity contribution in [1.82, 2.24) is 9.80 Å². The Balaban J connectivity index is 2.42. The van der Waals surface area contributed by atoms with E-state index in [1.807, 2.05) is 0 Å². The maximum atomic E-state index is 2.53. The lowest BCUT2D eigenvalue weighted by Gasteiger charge is -2.35. The number of allylic oxidation sites excluding steroid dienone is 2. The Morgan fingerprint density at radius 2 is 1.85 bits per heavy atom. The Labute approximate surface area is 82.2 Å². The van der Waals surface area contributed by atoms with Gasteiger partial charge in [0, 0.05) is 31.9 Å². The molecule has 2 heteroatoms. The predicted molar refractivity (Wildman–Crippen MR) is 57.7 cm³/mol. The smallest absolute Gasteiger partial charge is 0.0303 e. The minimum Gasteiger partial charge on any atom is -0.373 e. The van der Waals surface area contributed by atoms with Crippen LogP contribution in [0, 0.1) is 0 Å². The van der Waals surface area contributed by atoms with Gasteiger partial charge in [-0.05, 0) is 20.4 Å². The SMILES string of the molecule is C/C=C(/CCC)N1CCN(C)CC1. The molecular formula is C11H22N2. The molecule has 0 spiro atoms. The monoisotopic (exact) mass is 182 g/mol. The second-order valence-electron chi connectivity index (χ2n) is 3.82. The van der Waals surface area contributed by atoms with Gasteiger partial charge in [0.05, 0.1) is 0 Å². The highest BCUT2D eigenvalue weighted by molar-refractivity contribution is 5.00. The van der Waals surface area contributed by atoms with Crippen molar-refractivity contribution in [3.05, 3.63) is 11.8 Å². The van der Waals surface area contributed by atoms with E-state index in [2.05, 4.69) is 36.8 Å². The Morgan fingerprint density at radius 3 is 2.31 bits per heavy atom. The summed E-state index contributed by atoms with van der Waals surface area (Å²) in [5, 5.41) is 0. The van der Waals surface area contributed by atoms with Crippen LogP contribution in [0.25, 0.3) is 0 Å². The van der Waals surface area contributed by atoms with Gasteiger partial charge in [-0.2, -0.15) is 0 Å². The molecule has 0 aromatic heterocycles. The van der Waals surface area contributed by atoms with E-state index in [0.29, 0.717) is 0 Å².